The lowest BCUT2D eigenvalue weighted by atomic mass is 9.98. The Bertz CT molecular complexity index is 358. The van der Waals surface area contributed by atoms with Crippen LogP contribution in [0.25, 0.3) is 0 Å². The topological polar surface area (TPSA) is 26.0 Å². The number of nitrogens with two attached hydrogens (primary N) is 1. The van der Waals surface area contributed by atoms with Crippen LogP contribution in [0.1, 0.15) is 36.9 Å². The van der Waals surface area contributed by atoms with Crippen molar-refractivity contribution in [3.05, 3.63) is 47.3 Å². The Morgan fingerprint density at radius 3 is 2.73 bits per heavy atom. The first-order valence-corrected chi connectivity index (χ1v) is 5.23. The highest BCUT2D eigenvalue weighted by molar-refractivity contribution is 5.26. The molecule has 0 radical (unpaired) electrons. The molecule has 1 rings (SSSR count). The Morgan fingerprint density at radius 2 is 2.20 bits per heavy atom. The van der Waals surface area contributed by atoms with Crippen LogP contribution in [0.2, 0.25) is 0 Å². The molecule has 1 nitrogen and oxygen atoms in total. The van der Waals surface area contributed by atoms with Crippen LogP contribution in [-0.2, 0) is 0 Å². The quantitative estimate of drug-likeness (QED) is 0.751. The van der Waals surface area contributed by atoms with Crippen molar-refractivity contribution in [3.8, 4) is 0 Å². The Balaban J connectivity index is 2.82. The van der Waals surface area contributed by atoms with Crippen LogP contribution in [0.4, 0.5) is 4.39 Å². The van der Waals surface area contributed by atoms with E-state index in [0.29, 0.717) is 12.0 Å². The fraction of sp³-hybridized carbons (Fsp3) is 0.385. The van der Waals surface area contributed by atoms with Gasteiger partial charge in [0.1, 0.15) is 5.82 Å². The highest BCUT2D eigenvalue weighted by Gasteiger charge is 2.11. The molecule has 1 atom stereocenters. The summed E-state index contributed by atoms with van der Waals surface area (Å²) in [5, 5.41) is 0. The molecule has 0 fully saturated rings. The number of halogens is 1. The summed E-state index contributed by atoms with van der Waals surface area (Å²) in [6.45, 7) is 7.78. The van der Waals surface area contributed by atoms with E-state index >= 15 is 0 Å². The van der Waals surface area contributed by atoms with Crippen molar-refractivity contribution in [2.75, 3.05) is 0 Å². The molecular formula is C13H18FN. The fourth-order valence-electron chi connectivity index (χ4n) is 1.50. The number of hydrogen-bond donors (Lipinski definition) is 1. The van der Waals surface area contributed by atoms with Gasteiger partial charge in [-0.3, -0.25) is 0 Å². The van der Waals surface area contributed by atoms with Crippen LogP contribution in [0.3, 0.4) is 0 Å². The van der Waals surface area contributed by atoms with Crippen LogP contribution in [0, 0.1) is 12.7 Å². The van der Waals surface area contributed by atoms with Gasteiger partial charge in [0.2, 0.25) is 0 Å². The Kier molecular flexibility index (Phi) is 4.04. The third-order valence-electron chi connectivity index (χ3n) is 2.56. The van der Waals surface area contributed by atoms with Crippen molar-refractivity contribution in [2.24, 2.45) is 5.73 Å². The maximum absolute atomic E-state index is 13.5. The Labute approximate surface area is 90.8 Å². The summed E-state index contributed by atoms with van der Waals surface area (Å²) in [6, 6.07) is 4.88. The van der Waals surface area contributed by atoms with Crippen LogP contribution >= 0.6 is 0 Å². The minimum atomic E-state index is -0.280. The molecule has 0 aliphatic rings. The van der Waals surface area contributed by atoms with E-state index < -0.39 is 0 Å². The zero-order valence-electron chi connectivity index (χ0n) is 9.39. The van der Waals surface area contributed by atoms with E-state index in [2.05, 4.69) is 6.58 Å². The van der Waals surface area contributed by atoms with Gasteiger partial charge in [0.05, 0.1) is 0 Å². The second kappa shape index (κ2) is 5.08. The first-order chi connectivity index (χ1) is 7.04. The molecule has 0 saturated carbocycles. The summed E-state index contributed by atoms with van der Waals surface area (Å²) in [4.78, 5) is 0. The van der Waals surface area contributed by atoms with E-state index in [1.54, 1.807) is 6.07 Å². The minimum Gasteiger partial charge on any atom is -0.324 e. The van der Waals surface area contributed by atoms with E-state index in [0.717, 1.165) is 17.6 Å². The zero-order chi connectivity index (χ0) is 11.4. The molecule has 1 aromatic carbocycles. The molecule has 82 valence electrons. The van der Waals surface area contributed by atoms with E-state index in [9.17, 15) is 4.39 Å². The monoisotopic (exact) mass is 207 g/mol. The molecule has 2 heteroatoms. The smallest absolute Gasteiger partial charge is 0.128 e. The van der Waals surface area contributed by atoms with Crippen molar-refractivity contribution in [1.29, 1.82) is 0 Å². The second-order valence-electron chi connectivity index (χ2n) is 3.94. The van der Waals surface area contributed by atoms with Crippen LogP contribution < -0.4 is 5.73 Å². The van der Waals surface area contributed by atoms with Crippen molar-refractivity contribution >= 4 is 0 Å². The van der Waals surface area contributed by atoms with Gasteiger partial charge in [-0.05, 0) is 31.4 Å². The summed E-state index contributed by atoms with van der Waals surface area (Å²) in [5.74, 6) is -0.216. The van der Waals surface area contributed by atoms with Gasteiger partial charge in [0, 0.05) is 11.6 Å². The average Bonchev–Trinajstić information content (AvgIpc) is 2.17. The molecule has 0 spiro atoms. The predicted octanol–water partition coefficient (Wildman–Crippen LogP) is 3.49. The van der Waals surface area contributed by atoms with E-state index in [1.165, 1.54) is 6.07 Å². The molecule has 0 heterocycles. The lowest BCUT2D eigenvalue weighted by molar-refractivity contribution is 0.576. The Morgan fingerprint density at radius 1 is 1.53 bits per heavy atom. The van der Waals surface area contributed by atoms with Gasteiger partial charge in [-0.1, -0.05) is 31.2 Å². The molecule has 0 aromatic heterocycles. The summed E-state index contributed by atoms with van der Waals surface area (Å²) in [5.41, 5.74) is 8.47. The minimum absolute atomic E-state index is 0.216. The lowest BCUT2D eigenvalue weighted by Crippen LogP contribution is -2.12. The van der Waals surface area contributed by atoms with Gasteiger partial charge in [-0.15, -0.1) is 0 Å². The number of benzene rings is 1. The average molecular weight is 207 g/mol. The highest BCUT2D eigenvalue weighted by atomic mass is 19.1. The van der Waals surface area contributed by atoms with Gasteiger partial charge in [-0.25, -0.2) is 4.39 Å². The van der Waals surface area contributed by atoms with Crippen LogP contribution in [-0.4, -0.2) is 0 Å². The van der Waals surface area contributed by atoms with Crippen molar-refractivity contribution in [2.45, 2.75) is 32.7 Å². The molecule has 1 aromatic rings. The van der Waals surface area contributed by atoms with Crippen molar-refractivity contribution in [1.82, 2.24) is 0 Å². The van der Waals surface area contributed by atoms with Crippen molar-refractivity contribution < 1.29 is 4.39 Å². The van der Waals surface area contributed by atoms with Gasteiger partial charge >= 0.3 is 0 Å². The molecule has 0 aliphatic heterocycles. The summed E-state index contributed by atoms with van der Waals surface area (Å²) in [7, 11) is 0. The molecule has 0 aliphatic carbocycles. The Hall–Kier alpha value is -1.15. The van der Waals surface area contributed by atoms with Gasteiger partial charge in [0.15, 0.2) is 0 Å². The standard InChI is InChI=1S/C13H18FN/c1-4-9(2)8-13(15)11-6-5-10(3)7-12(11)14/h5-7,13H,2,4,8,15H2,1,3H3. The lowest BCUT2D eigenvalue weighted by Gasteiger charge is -2.14. The summed E-state index contributed by atoms with van der Waals surface area (Å²) < 4.78 is 13.5. The molecule has 2 N–H and O–H groups in total. The maximum Gasteiger partial charge on any atom is 0.128 e. The number of hydrogen-bond acceptors (Lipinski definition) is 1. The van der Waals surface area contributed by atoms with Gasteiger partial charge < -0.3 is 5.73 Å². The van der Waals surface area contributed by atoms with Gasteiger partial charge in [-0.2, -0.15) is 0 Å². The molecule has 0 amide bonds. The normalized spacial score (nSPS) is 12.5. The summed E-state index contributed by atoms with van der Waals surface area (Å²) in [6.07, 6.45) is 1.54. The molecule has 0 saturated heterocycles. The second-order valence-corrected chi connectivity index (χ2v) is 3.94. The molecular weight excluding hydrogens is 189 g/mol. The van der Waals surface area contributed by atoms with E-state index in [4.69, 9.17) is 5.73 Å². The predicted molar refractivity (Wildman–Crippen MR) is 62.1 cm³/mol. The number of rotatable bonds is 4. The summed E-state index contributed by atoms with van der Waals surface area (Å²) >= 11 is 0. The zero-order valence-corrected chi connectivity index (χ0v) is 9.39. The molecule has 15 heavy (non-hydrogen) atoms. The first-order valence-electron chi connectivity index (χ1n) is 5.23. The highest BCUT2D eigenvalue weighted by Crippen LogP contribution is 2.22. The van der Waals surface area contributed by atoms with Crippen molar-refractivity contribution in [3.63, 3.8) is 0 Å². The third-order valence-corrected chi connectivity index (χ3v) is 2.56. The maximum atomic E-state index is 13.5. The first kappa shape index (κ1) is 11.9. The van der Waals surface area contributed by atoms with Crippen LogP contribution in [0.15, 0.2) is 30.4 Å². The molecule has 0 bridgehead atoms. The molecule has 1 unspecified atom stereocenters. The SMILES string of the molecule is C=C(CC)CC(N)c1ccc(C)cc1F. The fourth-order valence-corrected chi connectivity index (χ4v) is 1.50. The third kappa shape index (κ3) is 3.17. The largest absolute Gasteiger partial charge is 0.324 e. The van der Waals surface area contributed by atoms with E-state index in [-0.39, 0.29) is 11.9 Å². The van der Waals surface area contributed by atoms with Crippen LogP contribution in [0.5, 0.6) is 0 Å². The number of aryl methyl sites for hydroxylation is 1. The van der Waals surface area contributed by atoms with Gasteiger partial charge in [0.25, 0.3) is 0 Å². The van der Waals surface area contributed by atoms with E-state index in [1.807, 2.05) is 19.9 Å².